The minimum Gasteiger partial charge on any atom is -0.455 e. The normalized spacial score (nSPS) is 15.0. The molecule has 94 valence electrons. The molecule has 0 aliphatic carbocycles. The summed E-state index contributed by atoms with van der Waals surface area (Å²) in [6, 6.07) is 0. The molecule has 4 nitrogen and oxygen atoms in total. The third kappa shape index (κ3) is 8.66. The average Bonchev–Trinajstić information content (AvgIpc) is 2.07. The van der Waals surface area contributed by atoms with Crippen LogP contribution in [0.3, 0.4) is 0 Å². The van der Waals surface area contributed by atoms with Crippen molar-refractivity contribution in [1.82, 2.24) is 0 Å². The van der Waals surface area contributed by atoms with Crippen molar-refractivity contribution in [3.8, 4) is 0 Å². The molecular formula is C10H24N2O2Si2. The second-order valence-electron chi connectivity index (χ2n) is 5.76. The van der Waals surface area contributed by atoms with Crippen LogP contribution in [0.25, 0.3) is 0 Å². The maximum atomic E-state index is 5.45. The van der Waals surface area contributed by atoms with Crippen LogP contribution in [0.5, 0.6) is 0 Å². The topological polar surface area (TPSA) is 43.2 Å². The van der Waals surface area contributed by atoms with Crippen LogP contribution in [0.1, 0.15) is 13.8 Å². The molecule has 0 spiro atoms. The van der Waals surface area contributed by atoms with E-state index in [1.54, 1.807) is 0 Å². The second kappa shape index (κ2) is 5.63. The third-order valence-corrected chi connectivity index (χ3v) is 2.71. The minimum atomic E-state index is -1.60. The van der Waals surface area contributed by atoms with Crippen LogP contribution in [0.2, 0.25) is 39.3 Å². The van der Waals surface area contributed by atoms with E-state index in [9.17, 15) is 0 Å². The summed E-state index contributed by atoms with van der Waals surface area (Å²) in [6.45, 7) is 16.3. The lowest BCUT2D eigenvalue weighted by molar-refractivity contribution is 0.330. The molecule has 0 aromatic carbocycles. The van der Waals surface area contributed by atoms with Gasteiger partial charge in [0.2, 0.25) is 0 Å². The first kappa shape index (κ1) is 15.4. The molecule has 0 unspecified atom stereocenters. The zero-order chi connectivity index (χ0) is 13.0. The first-order chi connectivity index (χ1) is 7.01. The van der Waals surface area contributed by atoms with Crippen LogP contribution in [0, 0.1) is 0 Å². The van der Waals surface area contributed by atoms with Gasteiger partial charge in [0.25, 0.3) is 16.6 Å². The Morgan fingerprint density at radius 3 is 1.12 bits per heavy atom. The molecule has 0 atom stereocenters. The Morgan fingerprint density at radius 1 is 0.688 bits per heavy atom. The first-order valence-electron chi connectivity index (χ1n) is 5.47. The summed E-state index contributed by atoms with van der Waals surface area (Å²) in [5, 5.41) is 8.16. The van der Waals surface area contributed by atoms with Crippen LogP contribution in [0.15, 0.2) is 10.3 Å². The first-order valence-corrected chi connectivity index (χ1v) is 12.3. The van der Waals surface area contributed by atoms with E-state index >= 15 is 0 Å². The van der Waals surface area contributed by atoms with Gasteiger partial charge in [-0.15, -0.1) is 10.3 Å². The van der Waals surface area contributed by atoms with Crippen molar-refractivity contribution < 1.29 is 9.05 Å². The predicted octanol–water partition coefficient (Wildman–Crippen LogP) is 3.44. The lowest BCUT2D eigenvalue weighted by atomic mass is 10.3. The van der Waals surface area contributed by atoms with E-state index in [1.807, 2.05) is 13.8 Å². The Balaban J connectivity index is 4.44. The van der Waals surface area contributed by atoms with Crippen molar-refractivity contribution in [2.75, 3.05) is 0 Å². The number of rotatable bonds is 5. The van der Waals surface area contributed by atoms with Crippen molar-refractivity contribution in [2.24, 2.45) is 10.3 Å². The van der Waals surface area contributed by atoms with Crippen molar-refractivity contribution in [2.45, 2.75) is 53.1 Å². The molecule has 0 aliphatic rings. The van der Waals surface area contributed by atoms with Gasteiger partial charge in [-0.1, -0.05) is 0 Å². The highest BCUT2D eigenvalue weighted by Gasteiger charge is 2.17. The van der Waals surface area contributed by atoms with Gasteiger partial charge < -0.3 is 9.05 Å². The quantitative estimate of drug-likeness (QED) is 0.432. The highest BCUT2D eigenvalue weighted by Crippen LogP contribution is 2.05. The zero-order valence-electron chi connectivity index (χ0n) is 11.7. The molecule has 0 amide bonds. The summed E-state index contributed by atoms with van der Waals surface area (Å²) in [6.07, 6.45) is 0. The molecule has 0 rings (SSSR count). The van der Waals surface area contributed by atoms with Gasteiger partial charge >= 0.3 is 0 Å². The van der Waals surface area contributed by atoms with Gasteiger partial charge in [0, 0.05) is 0 Å². The van der Waals surface area contributed by atoms with Crippen LogP contribution >= 0.6 is 0 Å². The van der Waals surface area contributed by atoms with E-state index in [0.29, 0.717) is 0 Å². The molecule has 0 heterocycles. The standard InChI is InChI=1S/C10H24N2O2Si2/c1-9(11-13-15(3,4)5)10(2)12-14-16(6,7)8/h1-8H3. The van der Waals surface area contributed by atoms with E-state index in [0.717, 1.165) is 11.4 Å². The molecule has 0 radical (unpaired) electrons. The van der Waals surface area contributed by atoms with Crippen molar-refractivity contribution in [1.29, 1.82) is 0 Å². The number of hydrogen-bond acceptors (Lipinski definition) is 4. The second-order valence-corrected chi connectivity index (χ2v) is 14.6. The fraction of sp³-hybridized carbons (Fsp3) is 0.800. The Kier molecular flexibility index (Phi) is 5.41. The van der Waals surface area contributed by atoms with Crippen LogP contribution in [0.4, 0.5) is 0 Å². The molecule has 0 aromatic rings. The molecule has 0 aliphatic heterocycles. The highest BCUT2D eigenvalue weighted by atomic mass is 28.4. The SMILES string of the molecule is CC(=NO[Si](C)(C)C)C(C)=NO[Si](C)(C)C. The van der Waals surface area contributed by atoms with E-state index in [1.165, 1.54) is 0 Å². The van der Waals surface area contributed by atoms with Gasteiger partial charge in [-0.3, -0.25) is 0 Å². The van der Waals surface area contributed by atoms with E-state index in [-0.39, 0.29) is 0 Å². The molecule has 0 fully saturated rings. The summed E-state index contributed by atoms with van der Waals surface area (Å²) in [4.78, 5) is 0. The monoisotopic (exact) mass is 260 g/mol. The summed E-state index contributed by atoms with van der Waals surface area (Å²) in [7, 11) is -3.20. The summed E-state index contributed by atoms with van der Waals surface area (Å²) < 4.78 is 10.9. The lowest BCUT2D eigenvalue weighted by Gasteiger charge is -2.15. The smallest absolute Gasteiger partial charge is 0.278 e. The maximum absolute atomic E-state index is 5.45. The van der Waals surface area contributed by atoms with E-state index in [2.05, 4.69) is 49.6 Å². The molecule has 16 heavy (non-hydrogen) atoms. The molecule has 0 N–H and O–H groups in total. The zero-order valence-corrected chi connectivity index (χ0v) is 13.7. The molecule has 0 saturated carbocycles. The van der Waals surface area contributed by atoms with Gasteiger partial charge in [-0.2, -0.15) is 0 Å². The molecular weight excluding hydrogens is 236 g/mol. The van der Waals surface area contributed by atoms with Crippen LogP contribution < -0.4 is 0 Å². The molecule has 0 bridgehead atoms. The lowest BCUT2D eigenvalue weighted by Crippen LogP contribution is -2.25. The Morgan fingerprint density at radius 2 is 0.938 bits per heavy atom. The predicted molar refractivity (Wildman–Crippen MR) is 75.1 cm³/mol. The number of hydrogen-bond donors (Lipinski definition) is 0. The summed E-state index contributed by atoms with van der Waals surface area (Å²) >= 11 is 0. The molecule has 0 aromatic heterocycles. The van der Waals surface area contributed by atoms with Crippen molar-refractivity contribution in [3.63, 3.8) is 0 Å². The average molecular weight is 260 g/mol. The summed E-state index contributed by atoms with van der Waals surface area (Å²) in [5.74, 6) is 0. The van der Waals surface area contributed by atoms with Gasteiger partial charge in [0.1, 0.15) is 0 Å². The van der Waals surface area contributed by atoms with E-state index < -0.39 is 16.6 Å². The molecule has 6 heteroatoms. The summed E-state index contributed by atoms with van der Waals surface area (Å²) in [5.41, 5.74) is 1.56. The Hall–Kier alpha value is -0.626. The Labute approximate surface area is 101 Å². The van der Waals surface area contributed by atoms with Crippen molar-refractivity contribution in [3.05, 3.63) is 0 Å². The largest absolute Gasteiger partial charge is 0.455 e. The maximum Gasteiger partial charge on any atom is 0.278 e. The van der Waals surface area contributed by atoms with Gasteiger partial charge in [-0.25, -0.2) is 0 Å². The number of oxime groups is 2. The fourth-order valence-electron chi connectivity index (χ4n) is 0.543. The van der Waals surface area contributed by atoms with E-state index in [4.69, 9.17) is 9.05 Å². The van der Waals surface area contributed by atoms with Crippen LogP contribution in [-0.2, 0) is 9.05 Å². The highest BCUT2D eigenvalue weighted by molar-refractivity contribution is 6.70. The fourth-order valence-corrected chi connectivity index (χ4v) is 1.36. The Bertz CT molecular complexity index is 258. The molecule has 0 saturated heterocycles. The number of nitrogens with zero attached hydrogens (tertiary/aromatic N) is 2. The van der Waals surface area contributed by atoms with Gasteiger partial charge in [0.05, 0.1) is 11.4 Å². The third-order valence-electron chi connectivity index (χ3n) is 1.44. The minimum absolute atomic E-state index is 0.778. The van der Waals surface area contributed by atoms with Crippen molar-refractivity contribution >= 4 is 28.1 Å². The van der Waals surface area contributed by atoms with Gasteiger partial charge in [-0.05, 0) is 53.1 Å². The van der Waals surface area contributed by atoms with Crippen LogP contribution in [-0.4, -0.2) is 28.1 Å². The van der Waals surface area contributed by atoms with Gasteiger partial charge in [0.15, 0.2) is 0 Å².